The van der Waals surface area contributed by atoms with Crippen LogP contribution in [0.15, 0.2) is 30.3 Å². The minimum Gasteiger partial charge on any atom is -0.347 e. The van der Waals surface area contributed by atoms with E-state index in [2.05, 4.69) is 17.4 Å². The van der Waals surface area contributed by atoms with Gasteiger partial charge in [0.05, 0.1) is 13.1 Å². The van der Waals surface area contributed by atoms with E-state index in [9.17, 15) is 9.59 Å². The van der Waals surface area contributed by atoms with Crippen molar-refractivity contribution in [3.63, 3.8) is 0 Å². The summed E-state index contributed by atoms with van der Waals surface area (Å²) >= 11 is 0. The Morgan fingerprint density at radius 2 is 1.69 bits per heavy atom. The van der Waals surface area contributed by atoms with Gasteiger partial charge in [-0.1, -0.05) is 30.3 Å². The van der Waals surface area contributed by atoms with Gasteiger partial charge in [-0.3, -0.25) is 9.59 Å². The molecular formula is C23H40N4O2+2. The summed E-state index contributed by atoms with van der Waals surface area (Å²) in [4.78, 5) is 30.3. The van der Waals surface area contributed by atoms with Crippen LogP contribution in [0.1, 0.15) is 52.6 Å². The van der Waals surface area contributed by atoms with Crippen molar-refractivity contribution in [2.75, 3.05) is 45.8 Å². The Morgan fingerprint density at radius 1 is 1.03 bits per heavy atom. The Morgan fingerprint density at radius 3 is 2.28 bits per heavy atom. The monoisotopic (exact) mass is 404 g/mol. The lowest BCUT2D eigenvalue weighted by Crippen LogP contribution is -3.18. The SMILES string of the molecule is CCN(CC)C(=O)[C@H](c1ccccc1)[NH+]1CCC[NH+](CC(=O)NC(C)(C)C)CC1. The fraction of sp³-hybridized carbons (Fsp3) is 0.652. The Kier molecular flexibility index (Phi) is 8.65. The third-order valence-corrected chi connectivity index (χ3v) is 5.62. The highest BCUT2D eigenvalue weighted by molar-refractivity contribution is 5.82. The predicted octanol–water partition coefficient (Wildman–Crippen LogP) is -0.316. The second-order valence-electron chi connectivity index (χ2n) is 9.09. The molecule has 1 heterocycles. The molecule has 1 aliphatic heterocycles. The number of benzene rings is 1. The van der Waals surface area contributed by atoms with Crippen molar-refractivity contribution in [1.29, 1.82) is 0 Å². The molecule has 1 fully saturated rings. The quantitative estimate of drug-likeness (QED) is 0.584. The summed E-state index contributed by atoms with van der Waals surface area (Å²) in [5, 5.41) is 3.07. The third kappa shape index (κ3) is 7.12. The molecule has 6 nitrogen and oxygen atoms in total. The van der Waals surface area contributed by atoms with Gasteiger partial charge in [0.15, 0.2) is 12.6 Å². The summed E-state index contributed by atoms with van der Waals surface area (Å²) in [6.07, 6.45) is 1.02. The summed E-state index contributed by atoms with van der Waals surface area (Å²) in [6, 6.07) is 10.0. The van der Waals surface area contributed by atoms with Crippen LogP contribution < -0.4 is 15.1 Å². The number of hydrogen-bond acceptors (Lipinski definition) is 2. The summed E-state index contributed by atoms with van der Waals surface area (Å²) in [5.74, 6) is 0.319. The second-order valence-corrected chi connectivity index (χ2v) is 9.09. The summed E-state index contributed by atoms with van der Waals surface area (Å²) < 4.78 is 0. The van der Waals surface area contributed by atoms with Gasteiger partial charge in [0.1, 0.15) is 13.1 Å². The molecule has 0 radical (unpaired) electrons. The van der Waals surface area contributed by atoms with E-state index in [4.69, 9.17) is 0 Å². The van der Waals surface area contributed by atoms with Crippen LogP contribution in [0.25, 0.3) is 0 Å². The van der Waals surface area contributed by atoms with E-state index in [-0.39, 0.29) is 23.4 Å². The van der Waals surface area contributed by atoms with Gasteiger partial charge >= 0.3 is 0 Å². The molecule has 162 valence electrons. The number of nitrogens with zero attached hydrogens (tertiary/aromatic N) is 1. The maximum atomic E-state index is 13.4. The second kappa shape index (κ2) is 10.7. The minimum atomic E-state index is -0.200. The van der Waals surface area contributed by atoms with Gasteiger partial charge in [-0.25, -0.2) is 0 Å². The molecule has 3 atom stereocenters. The largest absolute Gasteiger partial charge is 0.347 e. The Hall–Kier alpha value is -1.92. The van der Waals surface area contributed by atoms with E-state index in [1.165, 1.54) is 9.80 Å². The van der Waals surface area contributed by atoms with Crippen LogP contribution in [0, 0.1) is 0 Å². The molecule has 2 rings (SSSR count). The maximum absolute atomic E-state index is 13.4. The molecular weight excluding hydrogens is 364 g/mol. The Labute approximate surface area is 176 Å². The molecule has 1 aliphatic rings. The number of likely N-dealkylation sites (N-methyl/N-ethyl adjacent to an activating group) is 1. The van der Waals surface area contributed by atoms with Crippen LogP contribution in [0.2, 0.25) is 0 Å². The van der Waals surface area contributed by atoms with Gasteiger partial charge in [-0.2, -0.15) is 0 Å². The highest BCUT2D eigenvalue weighted by atomic mass is 16.2. The van der Waals surface area contributed by atoms with Crippen molar-refractivity contribution in [1.82, 2.24) is 10.2 Å². The van der Waals surface area contributed by atoms with E-state index < -0.39 is 0 Å². The Bertz CT molecular complexity index is 653. The molecule has 1 aromatic carbocycles. The minimum absolute atomic E-state index is 0.106. The van der Waals surface area contributed by atoms with E-state index in [1.807, 2.05) is 57.7 Å². The van der Waals surface area contributed by atoms with Crippen molar-refractivity contribution in [3.05, 3.63) is 35.9 Å². The van der Waals surface area contributed by atoms with Crippen molar-refractivity contribution in [2.24, 2.45) is 0 Å². The van der Waals surface area contributed by atoms with Crippen molar-refractivity contribution in [2.45, 2.75) is 52.6 Å². The number of amides is 2. The zero-order chi connectivity index (χ0) is 21.4. The van der Waals surface area contributed by atoms with E-state index in [0.29, 0.717) is 6.54 Å². The average Bonchev–Trinajstić information content (AvgIpc) is 2.88. The van der Waals surface area contributed by atoms with Crippen LogP contribution in [0.3, 0.4) is 0 Å². The lowest BCUT2D eigenvalue weighted by Gasteiger charge is -2.30. The van der Waals surface area contributed by atoms with E-state index >= 15 is 0 Å². The van der Waals surface area contributed by atoms with Crippen LogP contribution in [-0.4, -0.2) is 68.1 Å². The van der Waals surface area contributed by atoms with E-state index in [0.717, 1.165) is 51.3 Å². The first-order valence-electron chi connectivity index (χ1n) is 11.1. The average molecular weight is 405 g/mol. The van der Waals surface area contributed by atoms with Crippen LogP contribution in [0.4, 0.5) is 0 Å². The van der Waals surface area contributed by atoms with Crippen molar-refractivity contribution >= 4 is 11.8 Å². The number of nitrogens with one attached hydrogen (secondary N) is 3. The van der Waals surface area contributed by atoms with Gasteiger partial charge in [0, 0.05) is 30.6 Å². The zero-order valence-electron chi connectivity index (χ0n) is 18.9. The zero-order valence-corrected chi connectivity index (χ0v) is 18.9. The third-order valence-electron chi connectivity index (χ3n) is 5.62. The molecule has 0 saturated carbocycles. The first kappa shape index (κ1) is 23.4. The van der Waals surface area contributed by atoms with Crippen molar-refractivity contribution < 1.29 is 19.4 Å². The maximum Gasteiger partial charge on any atom is 0.285 e. The molecule has 0 aromatic heterocycles. The number of rotatable bonds is 7. The summed E-state index contributed by atoms with van der Waals surface area (Å²) in [7, 11) is 0. The molecule has 3 N–H and O–H groups in total. The highest BCUT2D eigenvalue weighted by Gasteiger charge is 2.36. The van der Waals surface area contributed by atoms with Gasteiger partial charge in [0.25, 0.3) is 11.8 Å². The topological polar surface area (TPSA) is 58.3 Å². The molecule has 1 saturated heterocycles. The number of hydrogen-bond donors (Lipinski definition) is 3. The molecule has 0 spiro atoms. The van der Waals surface area contributed by atoms with Gasteiger partial charge in [-0.15, -0.1) is 0 Å². The summed E-state index contributed by atoms with van der Waals surface area (Å²) in [5.41, 5.74) is 0.891. The normalized spacial score (nSPS) is 21.1. The van der Waals surface area contributed by atoms with Gasteiger partial charge in [0.2, 0.25) is 0 Å². The number of carbonyl (C=O) groups is 2. The fourth-order valence-corrected chi connectivity index (χ4v) is 4.22. The van der Waals surface area contributed by atoms with Gasteiger partial charge < -0.3 is 20.0 Å². The molecule has 0 bridgehead atoms. The molecule has 2 unspecified atom stereocenters. The highest BCUT2D eigenvalue weighted by Crippen LogP contribution is 2.13. The first-order valence-corrected chi connectivity index (χ1v) is 11.1. The first-order chi connectivity index (χ1) is 13.7. The molecule has 2 amide bonds. The standard InChI is InChI=1S/C23H38N4O2/c1-6-26(7-2)22(29)21(19-12-9-8-10-13-19)27-15-11-14-25(16-17-27)18-20(28)24-23(3,4)5/h8-10,12-13,21H,6-7,11,14-18H2,1-5H3,(H,24,28)/p+2/t21-/m0/s1. The number of quaternary nitrogens is 2. The van der Waals surface area contributed by atoms with Crippen molar-refractivity contribution in [3.8, 4) is 0 Å². The van der Waals surface area contributed by atoms with Gasteiger partial charge in [-0.05, 0) is 34.6 Å². The lowest BCUT2D eigenvalue weighted by atomic mass is 10.0. The van der Waals surface area contributed by atoms with Crippen LogP contribution >= 0.6 is 0 Å². The van der Waals surface area contributed by atoms with Crippen LogP contribution in [0.5, 0.6) is 0 Å². The fourth-order valence-electron chi connectivity index (χ4n) is 4.22. The predicted molar refractivity (Wildman–Crippen MR) is 116 cm³/mol. The Balaban J connectivity index is 2.11. The molecule has 6 heteroatoms. The van der Waals surface area contributed by atoms with E-state index in [1.54, 1.807) is 0 Å². The molecule has 1 aromatic rings. The smallest absolute Gasteiger partial charge is 0.285 e. The lowest BCUT2D eigenvalue weighted by molar-refractivity contribution is -0.948. The molecule has 0 aliphatic carbocycles. The molecule has 29 heavy (non-hydrogen) atoms. The summed E-state index contributed by atoms with van der Waals surface area (Å²) in [6.45, 7) is 15.8. The van der Waals surface area contributed by atoms with Crippen LogP contribution in [-0.2, 0) is 9.59 Å². The number of carbonyl (C=O) groups excluding carboxylic acids is 2.